The Hall–Kier alpha value is -4.48. The molecule has 4 aromatic rings. The molecule has 0 saturated heterocycles. The molecule has 0 bridgehead atoms. The second kappa shape index (κ2) is 13.0. The van der Waals surface area contributed by atoms with E-state index in [-0.39, 0.29) is 28.7 Å². The second-order valence-electron chi connectivity index (χ2n) is 10.2. The van der Waals surface area contributed by atoms with Crippen LogP contribution in [0, 0.1) is 0 Å². The van der Waals surface area contributed by atoms with Crippen molar-refractivity contribution in [1.29, 1.82) is 0 Å². The van der Waals surface area contributed by atoms with Gasteiger partial charge in [-0.25, -0.2) is 0 Å². The monoisotopic (exact) mass is 620 g/mol. The molecule has 0 fully saturated rings. The number of carbonyl (C=O) groups excluding carboxylic acids is 4. The van der Waals surface area contributed by atoms with Crippen LogP contribution < -0.4 is 14.5 Å². The summed E-state index contributed by atoms with van der Waals surface area (Å²) in [5, 5.41) is 5.77. The first-order chi connectivity index (χ1) is 20.3. The van der Waals surface area contributed by atoms with E-state index in [1.54, 1.807) is 35.0 Å². The molecule has 1 aliphatic heterocycles. The number of anilines is 1. The van der Waals surface area contributed by atoms with E-state index >= 15 is 0 Å². The molecule has 2 unspecified atom stereocenters. The van der Waals surface area contributed by atoms with Gasteiger partial charge in [0.15, 0.2) is 0 Å². The van der Waals surface area contributed by atoms with Gasteiger partial charge >= 0.3 is 253 Å². The van der Waals surface area contributed by atoms with E-state index in [2.05, 4.69) is 10.6 Å². The Kier molecular flexibility index (Phi) is 8.99. The number of benzene rings is 4. The number of nitrogens with zero attached hydrogens (tertiary/aromatic N) is 1. The van der Waals surface area contributed by atoms with Gasteiger partial charge in [-0.15, -0.1) is 0 Å². The number of amides is 3. The van der Waals surface area contributed by atoms with E-state index in [1.807, 2.05) is 91.9 Å². The fourth-order valence-corrected chi connectivity index (χ4v) is 7.12. The van der Waals surface area contributed by atoms with Gasteiger partial charge in [0.2, 0.25) is 0 Å². The van der Waals surface area contributed by atoms with Gasteiger partial charge in [-0.3, -0.25) is 0 Å². The maximum absolute atomic E-state index is 13.6. The van der Waals surface area contributed by atoms with Crippen LogP contribution in [-0.4, -0.2) is 44.3 Å². The van der Waals surface area contributed by atoms with Crippen molar-refractivity contribution in [1.82, 2.24) is 10.6 Å². The SMILES string of the molecule is CC1C(=O)N([As]C(=O)[C@H](C)NC(=O)CC(NC(=O)c2ccccc2)c2ccccc2)c2ccccc2-c2ccccc21. The van der Waals surface area contributed by atoms with Gasteiger partial charge < -0.3 is 0 Å². The van der Waals surface area contributed by atoms with Crippen LogP contribution >= 0.6 is 0 Å². The summed E-state index contributed by atoms with van der Waals surface area (Å²) in [6, 6.07) is 32.1. The molecule has 0 aliphatic carbocycles. The van der Waals surface area contributed by atoms with Gasteiger partial charge in [0.25, 0.3) is 0 Å². The first kappa shape index (κ1) is 29.0. The topological polar surface area (TPSA) is 95.6 Å². The third-order valence-electron chi connectivity index (χ3n) is 7.31. The minimum absolute atomic E-state index is 0.0471. The molecule has 1 radical (unpaired) electrons. The molecule has 8 heteroatoms. The number of fused-ring (bicyclic) bond motifs is 3. The molecule has 3 amide bonds. The van der Waals surface area contributed by atoms with E-state index in [4.69, 9.17) is 0 Å². The van der Waals surface area contributed by atoms with Crippen LogP contribution in [0.1, 0.15) is 53.7 Å². The standard InChI is InChI=1S/C34H31AsN3O4/c1-22-26-17-9-10-18-27(26)28-19-11-12-20-30(28)38(34(22)42)35-32(40)23(2)36-31(39)21-29(24-13-5-3-6-14-24)37-33(41)25-15-7-4-8-16-25/h3-20,22-23,29H,21H2,1-2H3,(H,36,39)(H,37,41)/t22?,23-,29?/m0/s1. The summed E-state index contributed by atoms with van der Waals surface area (Å²) in [6.07, 6.45) is -0.0471. The zero-order valence-corrected chi connectivity index (χ0v) is 25.2. The second-order valence-corrected chi connectivity index (χ2v) is 12.4. The summed E-state index contributed by atoms with van der Waals surface area (Å²) in [4.78, 5) is 53.2. The number of hydrogen-bond acceptors (Lipinski definition) is 4. The Labute approximate surface area is 252 Å². The van der Waals surface area contributed by atoms with Crippen molar-refractivity contribution in [2.24, 2.45) is 0 Å². The molecule has 0 saturated carbocycles. The van der Waals surface area contributed by atoms with E-state index < -0.39 is 34.0 Å². The molecule has 0 spiro atoms. The average molecular weight is 621 g/mol. The van der Waals surface area contributed by atoms with Crippen molar-refractivity contribution in [2.45, 2.75) is 38.3 Å². The van der Waals surface area contributed by atoms with Gasteiger partial charge in [0.1, 0.15) is 0 Å². The summed E-state index contributed by atoms with van der Waals surface area (Å²) in [6.45, 7) is 3.51. The van der Waals surface area contributed by atoms with Gasteiger partial charge in [-0.1, -0.05) is 0 Å². The minimum atomic E-state index is -1.27. The van der Waals surface area contributed by atoms with E-state index in [0.29, 0.717) is 11.3 Å². The van der Waals surface area contributed by atoms with Crippen LogP contribution in [0.4, 0.5) is 5.69 Å². The van der Waals surface area contributed by atoms with Gasteiger partial charge in [-0.2, -0.15) is 0 Å². The number of para-hydroxylation sites is 1. The summed E-state index contributed by atoms with van der Waals surface area (Å²) in [5.41, 5.74) is 4.80. The van der Waals surface area contributed by atoms with Crippen molar-refractivity contribution in [3.63, 3.8) is 0 Å². The van der Waals surface area contributed by atoms with Crippen molar-refractivity contribution in [3.05, 3.63) is 126 Å². The van der Waals surface area contributed by atoms with Gasteiger partial charge in [0.05, 0.1) is 0 Å². The molecule has 211 valence electrons. The summed E-state index contributed by atoms with van der Waals surface area (Å²) in [5.74, 6) is -1.21. The molecular weight excluding hydrogens is 589 g/mol. The average Bonchev–Trinajstić information content (AvgIpc) is 3.11. The molecule has 3 atom stereocenters. The molecule has 4 aromatic carbocycles. The van der Waals surface area contributed by atoms with Crippen LogP contribution in [0.5, 0.6) is 0 Å². The first-order valence-electron chi connectivity index (χ1n) is 13.8. The Balaban J connectivity index is 1.29. The van der Waals surface area contributed by atoms with Gasteiger partial charge in [-0.05, 0) is 0 Å². The number of hydrogen-bond donors (Lipinski definition) is 2. The third kappa shape index (κ3) is 6.37. The molecule has 1 aliphatic rings. The number of carbonyl (C=O) groups is 4. The Morgan fingerprint density at radius 2 is 1.38 bits per heavy atom. The predicted molar refractivity (Wildman–Crippen MR) is 164 cm³/mol. The molecule has 0 aromatic heterocycles. The number of nitrogens with one attached hydrogen (secondary N) is 2. The summed E-state index contributed by atoms with van der Waals surface area (Å²) < 4.78 is 1.42. The van der Waals surface area contributed by atoms with Crippen LogP contribution in [-0.2, 0) is 14.4 Å². The van der Waals surface area contributed by atoms with E-state index in [9.17, 15) is 19.2 Å². The summed E-state index contributed by atoms with van der Waals surface area (Å²) in [7, 11) is 0. The van der Waals surface area contributed by atoms with Gasteiger partial charge in [0, 0.05) is 0 Å². The zero-order valence-electron chi connectivity index (χ0n) is 23.4. The first-order valence-corrected chi connectivity index (χ1v) is 15.6. The maximum atomic E-state index is 13.6. The van der Waals surface area contributed by atoms with Crippen molar-refractivity contribution in [2.75, 3.05) is 3.82 Å². The quantitative estimate of drug-likeness (QED) is 0.257. The van der Waals surface area contributed by atoms with E-state index in [1.165, 1.54) is 0 Å². The van der Waals surface area contributed by atoms with Crippen LogP contribution in [0.15, 0.2) is 109 Å². The normalized spacial score (nSPS) is 15.7. The van der Waals surface area contributed by atoms with Crippen LogP contribution in [0.25, 0.3) is 11.1 Å². The Morgan fingerprint density at radius 3 is 2.10 bits per heavy atom. The van der Waals surface area contributed by atoms with Crippen LogP contribution in [0.3, 0.4) is 0 Å². The fourth-order valence-electron chi connectivity index (χ4n) is 5.05. The number of rotatable bonds is 9. The Morgan fingerprint density at radius 1 is 0.786 bits per heavy atom. The Bertz CT molecular complexity index is 1610. The molecule has 5 rings (SSSR count). The third-order valence-corrected chi connectivity index (χ3v) is 9.82. The molecule has 1 heterocycles. The molecule has 7 nitrogen and oxygen atoms in total. The predicted octanol–water partition coefficient (Wildman–Crippen LogP) is 5.02. The van der Waals surface area contributed by atoms with Crippen LogP contribution in [0.2, 0.25) is 0 Å². The van der Waals surface area contributed by atoms with Crippen molar-refractivity contribution < 1.29 is 19.2 Å². The molecule has 2 N–H and O–H groups in total. The van der Waals surface area contributed by atoms with Crippen molar-refractivity contribution in [3.8, 4) is 11.1 Å². The molecular formula is C34H31AsN3O4. The van der Waals surface area contributed by atoms with E-state index in [0.717, 1.165) is 22.3 Å². The summed E-state index contributed by atoms with van der Waals surface area (Å²) >= 11 is -1.27. The zero-order chi connectivity index (χ0) is 29.6. The molecule has 42 heavy (non-hydrogen) atoms. The fraction of sp³-hybridized carbons (Fsp3) is 0.176. The van der Waals surface area contributed by atoms with Crippen molar-refractivity contribution >= 4 is 44.0 Å².